The minimum absolute atomic E-state index is 0.618. The zero-order valence-electron chi connectivity index (χ0n) is 6.54. The van der Waals surface area contributed by atoms with Crippen molar-refractivity contribution < 1.29 is 0 Å². The van der Waals surface area contributed by atoms with E-state index >= 15 is 0 Å². The summed E-state index contributed by atoms with van der Waals surface area (Å²) in [6.45, 7) is 0.618. The molecule has 0 aliphatic heterocycles. The van der Waals surface area contributed by atoms with Crippen molar-refractivity contribution in [2.24, 2.45) is 12.8 Å². The fraction of sp³-hybridized carbons (Fsp3) is 0.375. The van der Waals surface area contributed by atoms with Crippen LogP contribution in [0.1, 0.15) is 12.0 Å². The first-order chi connectivity index (χ1) is 5.33. The molecule has 0 atom stereocenters. The summed E-state index contributed by atoms with van der Waals surface area (Å²) < 4.78 is 1.73. The van der Waals surface area contributed by atoms with Crippen LogP contribution in [0.3, 0.4) is 0 Å². The molecule has 0 aromatic carbocycles. The molecule has 2 N–H and O–H groups in total. The van der Waals surface area contributed by atoms with Gasteiger partial charge in [-0.1, -0.05) is 11.8 Å². The van der Waals surface area contributed by atoms with Crippen molar-refractivity contribution >= 4 is 0 Å². The van der Waals surface area contributed by atoms with Gasteiger partial charge in [-0.15, -0.1) is 0 Å². The molecule has 0 saturated heterocycles. The fourth-order valence-electron chi connectivity index (χ4n) is 0.723. The van der Waals surface area contributed by atoms with Crippen LogP contribution in [0.4, 0.5) is 0 Å². The molecule has 0 bridgehead atoms. The van der Waals surface area contributed by atoms with E-state index in [1.807, 2.05) is 13.2 Å². The maximum absolute atomic E-state index is 5.27. The predicted octanol–water partition coefficient (Wildman–Crippen LogP) is 0.120. The van der Waals surface area contributed by atoms with Gasteiger partial charge in [0.15, 0.2) is 0 Å². The normalized spacial score (nSPS) is 8.91. The number of nitrogens with zero attached hydrogens (tertiary/aromatic N) is 2. The standard InChI is InChI=1S/C8H11N3/c1-11-7-8(6-10-11)4-2-3-5-9/h6-7H,3,5,9H2,1H3. The highest BCUT2D eigenvalue weighted by Crippen LogP contribution is 1.91. The summed E-state index contributed by atoms with van der Waals surface area (Å²) >= 11 is 0. The lowest BCUT2D eigenvalue weighted by atomic mass is 10.3. The first kappa shape index (κ1) is 7.83. The van der Waals surface area contributed by atoms with Gasteiger partial charge in [-0.3, -0.25) is 4.68 Å². The highest BCUT2D eigenvalue weighted by molar-refractivity contribution is 5.29. The second kappa shape index (κ2) is 3.79. The minimum atomic E-state index is 0.618. The van der Waals surface area contributed by atoms with Crippen LogP contribution in [-0.2, 0) is 7.05 Å². The van der Waals surface area contributed by atoms with Crippen molar-refractivity contribution in [2.75, 3.05) is 6.54 Å². The lowest BCUT2D eigenvalue weighted by Gasteiger charge is -1.80. The topological polar surface area (TPSA) is 43.8 Å². The minimum Gasteiger partial charge on any atom is -0.330 e. The average Bonchev–Trinajstić information content (AvgIpc) is 2.37. The van der Waals surface area contributed by atoms with Gasteiger partial charge in [0, 0.05) is 26.2 Å². The monoisotopic (exact) mass is 149 g/mol. The third-order valence-corrected chi connectivity index (χ3v) is 1.21. The van der Waals surface area contributed by atoms with E-state index in [2.05, 4.69) is 16.9 Å². The van der Waals surface area contributed by atoms with Gasteiger partial charge in [-0.05, 0) is 0 Å². The lowest BCUT2D eigenvalue weighted by molar-refractivity contribution is 0.767. The van der Waals surface area contributed by atoms with Gasteiger partial charge in [0.25, 0.3) is 0 Å². The van der Waals surface area contributed by atoms with Crippen LogP contribution in [0.15, 0.2) is 12.4 Å². The maximum atomic E-state index is 5.27. The van der Waals surface area contributed by atoms with Crippen LogP contribution in [0.5, 0.6) is 0 Å². The van der Waals surface area contributed by atoms with Gasteiger partial charge in [-0.25, -0.2) is 0 Å². The molecule has 11 heavy (non-hydrogen) atoms. The lowest BCUT2D eigenvalue weighted by Crippen LogP contribution is -1.95. The fourth-order valence-corrected chi connectivity index (χ4v) is 0.723. The van der Waals surface area contributed by atoms with Gasteiger partial charge in [-0.2, -0.15) is 5.10 Å². The van der Waals surface area contributed by atoms with Gasteiger partial charge >= 0.3 is 0 Å². The van der Waals surface area contributed by atoms with Gasteiger partial charge in [0.05, 0.1) is 11.8 Å². The molecule has 0 fully saturated rings. The molecule has 1 rings (SSSR count). The summed E-state index contributed by atoms with van der Waals surface area (Å²) in [6.07, 6.45) is 4.36. The van der Waals surface area contributed by atoms with Crippen molar-refractivity contribution in [3.05, 3.63) is 18.0 Å². The second-order valence-corrected chi connectivity index (χ2v) is 2.24. The average molecular weight is 149 g/mol. The Kier molecular flexibility index (Phi) is 2.70. The Hall–Kier alpha value is -1.27. The summed E-state index contributed by atoms with van der Waals surface area (Å²) in [6, 6.07) is 0. The molecule has 0 radical (unpaired) electrons. The molecule has 0 saturated carbocycles. The number of hydrogen-bond acceptors (Lipinski definition) is 2. The summed E-state index contributed by atoms with van der Waals surface area (Å²) in [5, 5.41) is 3.98. The van der Waals surface area contributed by atoms with Crippen LogP contribution in [0.25, 0.3) is 0 Å². The summed E-state index contributed by atoms with van der Waals surface area (Å²) in [4.78, 5) is 0. The molecule has 3 heteroatoms. The van der Waals surface area contributed by atoms with E-state index in [1.165, 1.54) is 0 Å². The quantitative estimate of drug-likeness (QED) is 0.576. The Morgan fingerprint density at radius 3 is 3.09 bits per heavy atom. The zero-order chi connectivity index (χ0) is 8.10. The highest BCUT2D eigenvalue weighted by Gasteiger charge is 1.87. The Morgan fingerprint density at radius 2 is 2.55 bits per heavy atom. The van der Waals surface area contributed by atoms with Gasteiger partial charge in [0.1, 0.15) is 0 Å². The Morgan fingerprint density at radius 1 is 1.73 bits per heavy atom. The van der Waals surface area contributed by atoms with E-state index in [0.29, 0.717) is 6.54 Å². The number of aromatic nitrogens is 2. The molecule has 0 spiro atoms. The van der Waals surface area contributed by atoms with Crippen molar-refractivity contribution in [2.45, 2.75) is 6.42 Å². The SMILES string of the molecule is Cn1cc(C#CCCN)cn1. The number of aryl methyl sites for hydroxylation is 1. The molecule has 3 nitrogen and oxygen atoms in total. The third kappa shape index (κ3) is 2.44. The Bertz CT molecular complexity index is 277. The first-order valence-electron chi connectivity index (χ1n) is 3.50. The van der Waals surface area contributed by atoms with Crippen LogP contribution in [0.2, 0.25) is 0 Å². The van der Waals surface area contributed by atoms with Crippen molar-refractivity contribution in [3.8, 4) is 11.8 Å². The molecule has 1 aromatic rings. The maximum Gasteiger partial charge on any atom is 0.0646 e. The van der Waals surface area contributed by atoms with E-state index in [4.69, 9.17) is 5.73 Å². The Balaban J connectivity index is 2.59. The van der Waals surface area contributed by atoms with Gasteiger partial charge < -0.3 is 5.73 Å². The Labute approximate surface area is 66.2 Å². The molecule has 0 unspecified atom stereocenters. The van der Waals surface area contributed by atoms with Crippen LogP contribution in [0, 0.1) is 11.8 Å². The second-order valence-electron chi connectivity index (χ2n) is 2.24. The summed E-state index contributed by atoms with van der Waals surface area (Å²) in [7, 11) is 1.87. The van der Waals surface area contributed by atoms with E-state index in [1.54, 1.807) is 10.9 Å². The number of nitrogens with two attached hydrogens (primary N) is 1. The number of hydrogen-bond donors (Lipinski definition) is 1. The molecule has 58 valence electrons. The molecule has 0 aliphatic carbocycles. The third-order valence-electron chi connectivity index (χ3n) is 1.21. The van der Waals surface area contributed by atoms with Crippen LogP contribution < -0.4 is 5.73 Å². The summed E-state index contributed by atoms with van der Waals surface area (Å²) in [5.74, 6) is 5.89. The van der Waals surface area contributed by atoms with E-state index in [0.717, 1.165) is 12.0 Å². The zero-order valence-corrected chi connectivity index (χ0v) is 6.54. The molecular weight excluding hydrogens is 138 g/mol. The number of rotatable bonds is 1. The molecular formula is C8H11N3. The molecule has 1 heterocycles. The van der Waals surface area contributed by atoms with E-state index in [9.17, 15) is 0 Å². The van der Waals surface area contributed by atoms with E-state index in [-0.39, 0.29) is 0 Å². The van der Waals surface area contributed by atoms with Crippen molar-refractivity contribution in [1.82, 2.24) is 9.78 Å². The van der Waals surface area contributed by atoms with Crippen LogP contribution in [-0.4, -0.2) is 16.3 Å². The largest absolute Gasteiger partial charge is 0.330 e. The first-order valence-corrected chi connectivity index (χ1v) is 3.50. The molecule has 0 amide bonds. The molecule has 1 aromatic heterocycles. The smallest absolute Gasteiger partial charge is 0.0646 e. The van der Waals surface area contributed by atoms with Crippen LogP contribution >= 0.6 is 0 Å². The predicted molar refractivity (Wildman–Crippen MR) is 43.8 cm³/mol. The summed E-state index contributed by atoms with van der Waals surface area (Å²) in [5.41, 5.74) is 6.22. The van der Waals surface area contributed by atoms with Crippen molar-refractivity contribution in [1.29, 1.82) is 0 Å². The highest BCUT2D eigenvalue weighted by atomic mass is 15.2. The van der Waals surface area contributed by atoms with E-state index < -0.39 is 0 Å². The van der Waals surface area contributed by atoms with Crippen molar-refractivity contribution in [3.63, 3.8) is 0 Å². The molecule has 0 aliphatic rings. The van der Waals surface area contributed by atoms with Gasteiger partial charge in [0.2, 0.25) is 0 Å².